The molecule has 1 saturated heterocycles. The molecular weight excluding hydrogens is 459 g/mol. The Labute approximate surface area is 209 Å². The molecule has 5 nitrogen and oxygen atoms in total. The van der Waals surface area contributed by atoms with E-state index >= 15 is 0 Å². The van der Waals surface area contributed by atoms with Gasteiger partial charge in [0.2, 0.25) is 0 Å². The largest absolute Gasteiger partial charge is 0.496 e. The summed E-state index contributed by atoms with van der Waals surface area (Å²) < 4.78 is 10.3. The van der Waals surface area contributed by atoms with E-state index in [1.807, 2.05) is 26.0 Å². The summed E-state index contributed by atoms with van der Waals surface area (Å²) >= 11 is 0. The predicted molar refractivity (Wildman–Crippen MR) is 137 cm³/mol. The number of methoxy groups -OCH3 is 2. The van der Waals surface area contributed by atoms with Crippen molar-refractivity contribution in [2.24, 2.45) is 0 Å². The first-order chi connectivity index (χ1) is 14.9. The van der Waals surface area contributed by atoms with Crippen molar-refractivity contribution in [3.63, 3.8) is 0 Å². The first-order valence-electron chi connectivity index (χ1n) is 10.7. The Bertz CT molecular complexity index is 955. The maximum atomic E-state index is 11.5. The third-order valence-electron chi connectivity index (χ3n) is 5.84. The van der Waals surface area contributed by atoms with Crippen LogP contribution in [-0.4, -0.2) is 32.8 Å². The zero-order valence-corrected chi connectivity index (χ0v) is 21.3. The van der Waals surface area contributed by atoms with Crippen LogP contribution in [0.4, 0.5) is 0 Å². The molecule has 7 heteroatoms. The SMILES string of the molecule is COC(=O)C#CC(C)(C)c1ccc(OC)c(CN[C@H]2CCCN[C@H]2c2ccccc2)c1.Cl.Cl. The van der Waals surface area contributed by atoms with Gasteiger partial charge in [-0.05, 0) is 56.5 Å². The topological polar surface area (TPSA) is 59.6 Å². The maximum absolute atomic E-state index is 11.5. The van der Waals surface area contributed by atoms with Gasteiger partial charge in [0, 0.05) is 30.1 Å². The van der Waals surface area contributed by atoms with Gasteiger partial charge in [0.05, 0.1) is 19.6 Å². The highest BCUT2D eigenvalue weighted by Gasteiger charge is 2.26. The number of halogens is 2. The van der Waals surface area contributed by atoms with Crippen molar-refractivity contribution < 1.29 is 14.3 Å². The summed E-state index contributed by atoms with van der Waals surface area (Å²) in [5.41, 5.74) is 2.92. The van der Waals surface area contributed by atoms with E-state index < -0.39 is 11.4 Å². The molecule has 0 aliphatic carbocycles. The van der Waals surface area contributed by atoms with Gasteiger partial charge in [0.15, 0.2) is 0 Å². The minimum absolute atomic E-state index is 0. The highest BCUT2D eigenvalue weighted by atomic mass is 35.5. The highest BCUT2D eigenvalue weighted by Crippen LogP contribution is 2.29. The molecule has 0 unspecified atom stereocenters. The standard InChI is InChI=1S/C26H32N2O3.2ClH/c1-26(2,15-14-24(29)31-4)21-12-13-23(30-3)20(17-21)18-28-22-11-8-16-27-25(22)19-9-6-5-7-10-19;;/h5-7,9-10,12-13,17,22,25,27-28H,8,11,16,18H2,1-4H3;2*1H/t22-,25-;;/m0../s1. The van der Waals surface area contributed by atoms with Gasteiger partial charge in [0.25, 0.3) is 0 Å². The second kappa shape index (κ2) is 13.5. The zero-order valence-electron chi connectivity index (χ0n) is 19.6. The minimum Gasteiger partial charge on any atom is -0.496 e. The van der Waals surface area contributed by atoms with E-state index in [-0.39, 0.29) is 30.9 Å². The molecule has 1 heterocycles. The monoisotopic (exact) mass is 492 g/mol. The summed E-state index contributed by atoms with van der Waals surface area (Å²) in [6.45, 7) is 5.72. The molecular formula is C26H34Cl2N2O3. The van der Waals surface area contributed by atoms with Crippen LogP contribution in [0.15, 0.2) is 48.5 Å². The molecule has 2 N–H and O–H groups in total. The molecule has 33 heavy (non-hydrogen) atoms. The maximum Gasteiger partial charge on any atom is 0.384 e. The number of nitrogens with one attached hydrogen (secondary N) is 2. The van der Waals surface area contributed by atoms with Crippen LogP contribution in [0.5, 0.6) is 5.75 Å². The van der Waals surface area contributed by atoms with Gasteiger partial charge in [-0.2, -0.15) is 0 Å². The molecule has 2 aromatic rings. The molecule has 0 spiro atoms. The lowest BCUT2D eigenvalue weighted by molar-refractivity contribution is -0.133. The van der Waals surface area contributed by atoms with Crippen LogP contribution in [0, 0.1) is 11.8 Å². The zero-order chi connectivity index (χ0) is 22.3. The van der Waals surface area contributed by atoms with Crippen molar-refractivity contribution >= 4 is 30.8 Å². The fourth-order valence-corrected chi connectivity index (χ4v) is 4.00. The van der Waals surface area contributed by atoms with Crippen molar-refractivity contribution in [3.05, 3.63) is 65.2 Å². The predicted octanol–water partition coefficient (Wildman–Crippen LogP) is 4.58. The van der Waals surface area contributed by atoms with Gasteiger partial charge in [0.1, 0.15) is 5.75 Å². The molecule has 180 valence electrons. The number of rotatable bonds is 6. The number of carbonyl (C=O) groups excluding carboxylic acids is 1. The highest BCUT2D eigenvalue weighted by molar-refractivity contribution is 5.88. The number of carbonyl (C=O) groups is 1. The van der Waals surface area contributed by atoms with E-state index in [1.165, 1.54) is 12.7 Å². The van der Waals surface area contributed by atoms with Crippen molar-refractivity contribution in [2.45, 2.75) is 50.7 Å². The third kappa shape index (κ3) is 7.65. The Kier molecular flexibility index (Phi) is 11.8. The Morgan fingerprint density at radius 3 is 2.55 bits per heavy atom. The fraction of sp³-hybridized carbons (Fsp3) is 0.423. The molecule has 0 aromatic heterocycles. The van der Waals surface area contributed by atoms with Crippen molar-refractivity contribution in [1.82, 2.24) is 10.6 Å². The van der Waals surface area contributed by atoms with Gasteiger partial charge < -0.3 is 20.1 Å². The van der Waals surface area contributed by atoms with E-state index in [9.17, 15) is 4.79 Å². The van der Waals surface area contributed by atoms with Crippen LogP contribution in [0.1, 0.15) is 49.4 Å². The quantitative estimate of drug-likeness (QED) is 0.351. The summed E-state index contributed by atoms with van der Waals surface area (Å²) in [5.74, 6) is 5.90. The first-order valence-corrected chi connectivity index (χ1v) is 10.7. The molecule has 0 saturated carbocycles. The Morgan fingerprint density at radius 1 is 1.15 bits per heavy atom. The van der Waals surface area contributed by atoms with E-state index in [0.717, 1.165) is 36.3 Å². The van der Waals surface area contributed by atoms with Gasteiger partial charge in [-0.1, -0.05) is 42.3 Å². The molecule has 2 atom stereocenters. The second-order valence-electron chi connectivity index (χ2n) is 8.37. The normalized spacial score (nSPS) is 17.5. The van der Waals surface area contributed by atoms with E-state index in [0.29, 0.717) is 12.6 Å². The second-order valence-corrected chi connectivity index (χ2v) is 8.37. The Hall–Kier alpha value is -2.23. The van der Waals surface area contributed by atoms with Gasteiger partial charge in [-0.15, -0.1) is 24.8 Å². The molecule has 2 aromatic carbocycles. The summed E-state index contributed by atoms with van der Waals surface area (Å²) in [5, 5.41) is 7.41. The van der Waals surface area contributed by atoms with Crippen LogP contribution in [0.3, 0.4) is 0 Å². The fourth-order valence-electron chi connectivity index (χ4n) is 4.00. The molecule has 0 bridgehead atoms. The average molecular weight is 493 g/mol. The molecule has 1 fully saturated rings. The number of hydrogen-bond donors (Lipinski definition) is 2. The Morgan fingerprint density at radius 2 is 1.88 bits per heavy atom. The molecule has 1 aliphatic rings. The van der Waals surface area contributed by atoms with E-state index in [2.05, 4.69) is 63.6 Å². The van der Waals surface area contributed by atoms with Crippen molar-refractivity contribution in [1.29, 1.82) is 0 Å². The van der Waals surface area contributed by atoms with E-state index in [1.54, 1.807) is 7.11 Å². The summed E-state index contributed by atoms with van der Waals surface area (Å²) in [4.78, 5) is 11.5. The number of hydrogen-bond acceptors (Lipinski definition) is 5. The summed E-state index contributed by atoms with van der Waals surface area (Å²) in [6, 6.07) is 17.3. The number of ether oxygens (including phenoxy) is 2. The number of esters is 1. The van der Waals surface area contributed by atoms with Gasteiger partial charge >= 0.3 is 5.97 Å². The van der Waals surface area contributed by atoms with Crippen LogP contribution in [0.2, 0.25) is 0 Å². The summed E-state index contributed by atoms with van der Waals surface area (Å²) in [7, 11) is 3.03. The molecule has 1 aliphatic heterocycles. The Balaban J connectivity index is 0.00000272. The van der Waals surface area contributed by atoms with Crippen molar-refractivity contribution in [2.75, 3.05) is 20.8 Å². The average Bonchev–Trinajstić information content (AvgIpc) is 2.81. The van der Waals surface area contributed by atoms with Crippen LogP contribution in [-0.2, 0) is 21.5 Å². The minimum atomic E-state index is -0.528. The lowest BCUT2D eigenvalue weighted by atomic mass is 9.84. The number of piperidine rings is 1. The lowest BCUT2D eigenvalue weighted by Gasteiger charge is -2.34. The summed E-state index contributed by atoms with van der Waals surface area (Å²) in [6.07, 6.45) is 2.26. The van der Waals surface area contributed by atoms with E-state index in [4.69, 9.17) is 4.74 Å². The van der Waals surface area contributed by atoms with Crippen LogP contribution < -0.4 is 15.4 Å². The van der Waals surface area contributed by atoms with Crippen molar-refractivity contribution in [3.8, 4) is 17.6 Å². The molecule has 0 amide bonds. The van der Waals surface area contributed by atoms with Gasteiger partial charge in [-0.25, -0.2) is 4.79 Å². The molecule has 0 radical (unpaired) electrons. The number of benzene rings is 2. The van der Waals surface area contributed by atoms with Gasteiger partial charge in [-0.3, -0.25) is 0 Å². The van der Waals surface area contributed by atoms with Crippen LogP contribution >= 0.6 is 24.8 Å². The third-order valence-corrected chi connectivity index (χ3v) is 5.84. The smallest absolute Gasteiger partial charge is 0.384 e. The molecule has 3 rings (SSSR count). The lowest BCUT2D eigenvalue weighted by Crippen LogP contribution is -2.45. The first kappa shape index (κ1) is 28.8. The van der Waals surface area contributed by atoms with Crippen LogP contribution in [0.25, 0.3) is 0 Å².